The predicted octanol–water partition coefficient (Wildman–Crippen LogP) is 3.26. The van der Waals surface area contributed by atoms with Crippen molar-refractivity contribution in [2.45, 2.75) is 13.3 Å². The Morgan fingerprint density at radius 1 is 1.04 bits per heavy atom. The molecule has 0 radical (unpaired) electrons. The van der Waals surface area contributed by atoms with E-state index in [4.69, 9.17) is 0 Å². The third kappa shape index (κ3) is 4.31. The van der Waals surface area contributed by atoms with Crippen LogP contribution >= 0.6 is 11.3 Å². The second-order valence-corrected chi connectivity index (χ2v) is 6.79. The van der Waals surface area contributed by atoms with Gasteiger partial charge in [0.05, 0.1) is 17.1 Å². The second kappa shape index (κ2) is 7.88. The monoisotopic (exact) mass is 369 g/mol. The lowest BCUT2D eigenvalue weighted by molar-refractivity contribution is -0.121. The summed E-state index contributed by atoms with van der Waals surface area (Å²) >= 11 is 1.26. The summed E-state index contributed by atoms with van der Waals surface area (Å²) < 4.78 is 12.9. The van der Waals surface area contributed by atoms with E-state index >= 15 is 0 Å². The number of hydrazine groups is 1. The van der Waals surface area contributed by atoms with Gasteiger partial charge in [0, 0.05) is 5.56 Å². The molecule has 2 amide bonds. The SMILES string of the molecule is Cc1nc(-c2ccccc2)c(C(=O)NNC(=O)Cc2ccc(F)cc2)s1. The van der Waals surface area contributed by atoms with Crippen LogP contribution in [0, 0.1) is 12.7 Å². The Hall–Kier alpha value is -3.06. The largest absolute Gasteiger partial charge is 0.282 e. The summed E-state index contributed by atoms with van der Waals surface area (Å²) in [4.78, 5) is 29.3. The topological polar surface area (TPSA) is 71.1 Å². The highest BCUT2D eigenvalue weighted by molar-refractivity contribution is 7.14. The van der Waals surface area contributed by atoms with E-state index in [1.54, 1.807) is 0 Å². The molecule has 26 heavy (non-hydrogen) atoms. The molecule has 132 valence electrons. The molecular formula is C19H16FN3O2S. The number of hydrogen-bond acceptors (Lipinski definition) is 4. The van der Waals surface area contributed by atoms with Gasteiger partial charge in [0.25, 0.3) is 5.91 Å². The summed E-state index contributed by atoms with van der Waals surface area (Å²) in [6.07, 6.45) is 0.0355. The van der Waals surface area contributed by atoms with Gasteiger partial charge in [-0.3, -0.25) is 20.4 Å². The van der Waals surface area contributed by atoms with E-state index in [1.807, 2.05) is 37.3 Å². The lowest BCUT2D eigenvalue weighted by Crippen LogP contribution is -2.42. The van der Waals surface area contributed by atoms with Crippen LogP contribution in [0.4, 0.5) is 4.39 Å². The zero-order valence-corrected chi connectivity index (χ0v) is 14.8. The van der Waals surface area contributed by atoms with Crippen LogP contribution in [0.15, 0.2) is 54.6 Å². The molecule has 3 aromatic rings. The number of carbonyl (C=O) groups excluding carboxylic acids is 2. The number of benzene rings is 2. The number of nitrogens with zero attached hydrogens (tertiary/aromatic N) is 1. The van der Waals surface area contributed by atoms with E-state index < -0.39 is 11.8 Å². The highest BCUT2D eigenvalue weighted by atomic mass is 32.1. The maximum absolute atomic E-state index is 12.9. The standard InChI is InChI=1S/C19H16FN3O2S/c1-12-21-17(14-5-3-2-4-6-14)18(26-12)19(25)23-22-16(24)11-13-7-9-15(20)10-8-13/h2-10H,11H2,1H3,(H,22,24)(H,23,25). The van der Waals surface area contributed by atoms with Crippen molar-refractivity contribution in [3.05, 3.63) is 75.9 Å². The summed E-state index contributed by atoms with van der Waals surface area (Å²) in [5, 5.41) is 0.756. The van der Waals surface area contributed by atoms with Gasteiger partial charge in [-0.1, -0.05) is 42.5 Å². The van der Waals surface area contributed by atoms with Gasteiger partial charge in [-0.05, 0) is 24.6 Å². The van der Waals surface area contributed by atoms with Gasteiger partial charge in [-0.25, -0.2) is 9.37 Å². The van der Waals surface area contributed by atoms with E-state index in [-0.39, 0.29) is 12.2 Å². The van der Waals surface area contributed by atoms with Crippen molar-refractivity contribution in [1.82, 2.24) is 15.8 Å². The van der Waals surface area contributed by atoms with Crippen molar-refractivity contribution in [2.24, 2.45) is 0 Å². The van der Waals surface area contributed by atoms with Crippen LogP contribution in [0.5, 0.6) is 0 Å². The fourth-order valence-corrected chi connectivity index (χ4v) is 3.22. The third-order valence-electron chi connectivity index (χ3n) is 3.58. The summed E-state index contributed by atoms with van der Waals surface area (Å²) in [7, 11) is 0. The molecule has 2 N–H and O–H groups in total. The van der Waals surface area contributed by atoms with Crippen LogP contribution in [-0.2, 0) is 11.2 Å². The maximum atomic E-state index is 12.9. The number of hydrogen-bond donors (Lipinski definition) is 2. The minimum absolute atomic E-state index is 0.0355. The third-order valence-corrected chi connectivity index (χ3v) is 4.55. The Labute approximate surface area is 153 Å². The second-order valence-electron chi connectivity index (χ2n) is 5.58. The Morgan fingerprint density at radius 3 is 2.42 bits per heavy atom. The molecule has 0 spiro atoms. The molecule has 0 saturated carbocycles. The number of rotatable bonds is 4. The lowest BCUT2D eigenvalue weighted by Gasteiger charge is -2.07. The van der Waals surface area contributed by atoms with E-state index in [0.29, 0.717) is 16.1 Å². The number of thiazole rings is 1. The summed E-state index contributed by atoms with van der Waals surface area (Å²) in [5.74, 6) is -1.19. The van der Waals surface area contributed by atoms with Crippen LogP contribution in [0.3, 0.4) is 0 Å². The molecule has 1 aromatic heterocycles. The van der Waals surface area contributed by atoms with E-state index in [2.05, 4.69) is 15.8 Å². The van der Waals surface area contributed by atoms with Crippen molar-refractivity contribution in [2.75, 3.05) is 0 Å². The Bertz CT molecular complexity index is 924. The Balaban J connectivity index is 1.65. The summed E-state index contributed by atoms with van der Waals surface area (Å²) in [6.45, 7) is 1.82. The molecule has 0 aliphatic carbocycles. The van der Waals surface area contributed by atoms with Gasteiger partial charge in [0.2, 0.25) is 5.91 Å². The van der Waals surface area contributed by atoms with E-state index in [0.717, 1.165) is 10.6 Å². The first-order valence-electron chi connectivity index (χ1n) is 7.89. The van der Waals surface area contributed by atoms with Crippen molar-refractivity contribution >= 4 is 23.2 Å². The average Bonchev–Trinajstić information content (AvgIpc) is 3.04. The first kappa shape index (κ1) is 17.8. The van der Waals surface area contributed by atoms with Gasteiger partial charge in [0.1, 0.15) is 10.7 Å². The summed E-state index contributed by atoms with van der Waals surface area (Å²) in [6, 6.07) is 15.0. The molecule has 3 rings (SSSR count). The molecule has 5 nitrogen and oxygen atoms in total. The quantitative estimate of drug-likeness (QED) is 0.694. The van der Waals surface area contributed by atoms with Crippen molar-refractivity contribution in [1.29, 1.82) is 0 Å². The number of amides is 2. The molecule has 2 aromatic carbocycles. The van der Waals surface area contributed by atoms with Gasteiger partial charge < -0.3 is 0 Å². The van der Waals surface area contributed by atoms with Crippen molar-refractivity contribution in [3.8, 4) is 11.3 Å². The number of carbonyl (C=O) groups is 2. The highest BCUT2D eigenvalue weighted by Crippen LogP contribution is 2.27. The first-order chi connectivity index (χ1) is 12.5. The van der Waals surface area contributed by atoms with Crippen molar-refractivity contribution < 1.29 is 14.0 Å². The fourth-order valence-electron chi connectivity index (χ4n) is 2.39. The van der Waals surface area contributed by atoms with Crippen molar-refractivity contribution in [3.63, 3.8) is 0 Å². The Kier molecular flexibility index (Phi) is 5.38. The zero-order valence-electron chi connectivity index (χ0n) is 14.0. The van der Waals surface area contributed by atoms with Gasteiger partial charge in [-0.2, -0.15) is 0 Å². The molecule has 7 heteroatoms. The number of halogens is 1. The molecule has 0 aliphatic rings. The minimum Gasteiger partial charge on any atom is -0.273 e. The summed E-state index contributed by atoms with van der Waals surface area (Å²) in [5.41, 5.74) is 6.85. The molecule has 0 fully saturated rings. The van der Waals surface area contributed by atoms with Gasteiger partial charge in [-0.15, -0.1) is 11.3 Å². The molecule has 0 atom stereocenters. The molecule has 0 saturated heterocycles. The predicted molar refractivity (Wildman–Crippen MR) is 98.0 cm³/mol. The van der Waals surface area contributed by atoms with Crippen LogP contribution < -0.4 is 10.9 Å². The molecule has 1 heterocycles. The van der Waals surface area contributed by atoms with Gasteiger partial charge in [0.15, 0.2) is 0 Å². The number of aryl methyl sites for hydroxylation is 1. The molecular weight excluding hydrogens is 353 g/mol. The lowest BCUT2D eigenvalue weighted by atomic mass is 10.1. The maximum Gasteiger partial charge on any atom is 0.282 e. The molecule has 0 unspecified atom stereocenters. The number of aromatic nitrogens is 1. The minimum atomic E-state index is -0.429. The molecule has 0 aliphatic heterocycles. The average molecular weight is 369 g/mol. The zero-order chi connectivity index (χ0) is 18.5. The smallest absolute Gasteiger partial charge is 0.273 e. The molecule has 0 bridgehead atoms. The van der Waals surface area contributed by atoms with Crippen LogP contribution in [-0.4, -0.2) is 16.8 Å². The van der Waals surface area contributed by atoms with Crippen LogP contribution in [0.25, 0.3) is 11.3 Å². The van der Waals surface area contributed by atoms with Gasteiger partial charge >= 0.3 is 0 Å². The number of nitrogens with one attached hydrogen (secondary N) is 2. The van der Waals surface area contributed by atoms with E-state index in [9.17, 15) is 14.0 Å². The van der Waals surface area contributed by atoms with Crippen LogP contribution in [0.2, 0.25) is 0 Å². The normalized spacial score (nSPS) is 10.4. The van der Waals surface area contributed by atoms with E-state index in [1.165, 1.54) is 35.6 Å². The Morgan fingerprint density at radius 2 is 1.73 bits per heavy atom. The fraction of sp³-hybridized carbons (Fsp3) is 0.105. The first-order valence-corrected chi connectivity index (χ1v) is 8.71. The van der Waals surface area contributed by atoms with Crippen LogP contribution in [0.1, 0.15) is 20.2 Å². The highest BCUT2D eigenvalue weighted by Gasteiger charge is 2.18.